The molecule has 5 heteroatoms. The summed E-state index contributed by atoms with van der Waals surface area (Å²) >= 11 is 0. The van der Waals surface area contributed by atoms with Gasteiger partial charge in [0.2, 0.25) is 5.90 Å². The number of fused-ring (bicyclic) bond motifs is 5. The second-order valence-corrected chi connectivity index (χ2v) is 18.6. The van der Waals surface area contributed by atoms with Crippen LogP contribution in [0.5, 0.6) is 11.5 Å². The summed E-state index contributed by atoms with van der Waals surface area (Å²) in [7, 11) is 0. The molecule has 54 heavy (non-hydrogen) atoms. The second-order valence-electron chi connectivity index (χ2n) is 18.6. The molecule has 2 aliphatic heterocycles. The van der Waals surface area contributed by atoms with Crippen molar-refractivity contribution in [1.82, 2.24) is 4.98 Å². The van der Waals surface area contributed by atoms with Gasteiger partial charge in [0.15, 0.2) is 0 Å². The van der Waals surface area contributed by atoms with Crippen molar-refractivity contribution in [3.05, 3.63) is 140 Å². The minimum Gasteiger partial charge on any atom is -0.467 e. The summed E-state index contributed by atoms with van der Waals surface area (Å²) in [5, 5.41) is 0. The van der Waals surface area contributed by atoms with Crippen molar-refractivity contribution in [2.24, 2.45) is 4.99 Å². The number of rotatable bonds is 4. The summed E-state index contributed by atoms with van der Waals surface area (Å²) in [5.41, 5.74) is 13.8. The minimum atomic E-state index is -0.558. The van der Waals surface area contributed by atoms with Crippen LogP contribution in [0, 0.1) is 34.6 Å². The summed E-state index contributed by atoms with van der Waals surface area (Å²) in [4.78, 5) is 12.8. The molecule has 5 nitrogen and oxygen atoms in total. The zero-order valence-corrected chi connectivity index (χ0v) is 34.7. The van der Waals surface area contributed by atoms with Gasteiger partial charge in [0.25, 0.3) is 0 Å². The first kappa shape index (κ1) is 36.1. The van der Waals surface area contributed by atoms with E-state index < -0.39 is 11.1 Å². The molecule has 0 fully saturated rings. The monoisotopic (exact) mass is 717 g/mol. The molecule has 0 radical (unpaired) electrons. The number of pyridine rings is 1. The van der Waals surface area contributed by atoms with Crippen LogP contribution in [0.2, 0.25) is 0 Å². The van der Waals surface area contributed by atoms with Crippen LogP contribution >= 0.6 is 0 Å². The van der Waals surface area contributed by atoms with Crippen LogP contribution in [-0.4, -0.2) is 16.5 Å². The number of hydrogen-bond donors (Lipinski definition) is 0. The van der Waals surface area contributed by atoms with Crippen LogP contribution in [-0.2, 0) is 26.5 Å². The third-order valence-corrected chi connectivity index (χ3v) is 13.1. The van der Waals surface area contributed by atoms with Gasteiger partial charge in [-0.05, 0) is 129 Å². The van der Waals surface area contributed by atoms with Crippen LogP contribution in [0.3, 0.4) is 0 Å². The highest BCUT2D eigenvalue weighted by Gasteiger charge is 2.68. The number of anilines is 3. The van der Waals surface area contributed by atoms with E-state index in [1.54, 1.807) is 0 Å². The Balaban J connectivity index is 1.20. The predicted molar refractivity (Wildman–Crippen MR) is 223 cm³/mol. The molecule has 5 aromatic rings. The maximum absolute atomic E-state index is 7.09. The third kappa shape index (κ3) is 5.03. The van der Waals surface area contributed by atoms with Gasteiger partial charge in [-0.25, -0.2) is 9.98 Å². The first-order valence-electron chi connectivity index (χ1n) is 19.4. The lowest BCUT2D eigenvalue weighted by atomic mass is 9.70. The lowest BCUT2D eigenvalue weighted by Crippen LogP contribution is -2.51. The zero-order chi connectivity index (χ0) is 38.9. The van der Waals surface area contributed by atoms with E-state index in [0.29, 0.717) is 5.90 Å². The number of ether oxygens (including phenoxy) is 2. The Morgan fingerprint density at radius 3 is 2.15 bits per heavy atom. The molecule has 278 valence electrons. The smallest absolute Gasteiger partial charge is 0.218 e. The molecule has 0 spiro atoms. The molecule has 0 saturated carbocycles. The van der Waals surface area contributed by atoms with Crippen molar-refractivity contribution in [2.45, 2.75) is 124 Å². The number of aromatic nitrogens is 1. The maximum atomic E-state index is 7.09. The third-order valence-electron chi connectivity index (χ3n) is 13.1. The summed E-state index contributed by atoms with van der Waals surface area (Å²) < 4.78 is 14.0. The molecule has 0 unspecified atom stereocenters. The molecule has 0 bridgehead atoms. The highest BCUT2D eigenvalue weighted by Crippen LogP contribution is 2.63. The number of nitrogens with zero attached hydrogens (tertiary/aromatic N) is 3. The first-order chi connectivity index (χ1) is 25.2. The molecule has 4 aromatic carbocycles. The minimum absolute atomic E-state index is 0.0301. The molecular formula is C49H55N3O2. The van der Waals surface area contributed by atoms with Crippen LogP contribution in [0.4, 0.5) is 17.2 Å². The van der Waals surface area contributed by atoms with Crippen LogP contribution in [0.15, 0.2) is 84.0 Å². The quantitative estimate of drug-likeness (QED) is 0.186. The van der Waals surface area contributed by atoms with Gasteiger partial charge in [-0.15, -0.1) is 0 Å². The average Bonchev–Trinajstić information content (AvgIpc) is 3.42. The zero-order valence-electron chi connectivity index (χ0n) is 34.7. The van der Waals surface area contributed by atoms with Crippen molar-refractivity contribution < 1.29 is 9.47 Å². The number of aryl methyl sites for hydroxylation is 5. The molecule has 3 heterocycles. The highest BCUT2D eigenvalue weighted by molar-refractivity contribution is 5.99. The standard InChI is InChI=1S/C49H55N3O2/c1-28-20-32(5)42-39(23-28)48(13)49(14,47(42,11)12)54-44(51-48)36-27-41(31(4)24-30(36)3)53-35-22-29(2)21-34(26-35)52-40-18-17-33(45(6,7)8)25-38(40)46(9,10)37-16-15-19-50-43(37)52/h15-27H,1-14H3/t48-,49+/m1/s1. The molecule has 8 rings (SSSR count). The largest absolute Gasteiger partial charge is 0.467 e. The van der Waals surface area contributed by atoms with E-state index in [1.807, 2.05) is 12.3 Å². The summed E-state index contributed by atoms with van der Waals surface area (Å²) in [6, 6.07) is 26.6. The van der Waals surface area contributed by atoms with E-state index in [0.717, 1.165) is 50.9 Å². The number of benzene rings is 4. The van der Waals surface area contributed by atoms with Gasteiger partial charge in [0.05, 0.1) is 11.4 Å². The number of aliphatic imine (C=N–C) groups is 1. The Morgan fingerprint density at radius 2 is 1.43 bits per heavy atom. The number of hydrogen-bond acceptors (Lipinski definition) is 5. The molecule has 2 atom stereocenters. The fourth-order valence-corrected chi connectivity index (χ4v) is 9.71. The van der Waals surface area contributed by atoms with Gasteiger partial charge in [-0.2, -0.15) is 0 Å². The van der Waals surface area contributed by atoms with Gasteiger partial charge >= 0.3 is 0 Å². The van der Waals surface area contributed by atoms with E-state index in [4.69, 9.17) is 19.5 Å². The van der Waals surface area contributed by atoms with Crippen LogP contribution in [0.1, 0.15) is 124 Å². The average molecular weight is 718 g/mol. The Bertz CT molecular complexity index is 2430. The maximum Gasteiger partial charge on any atom is 0.218 e. The lowest BCUT2D eigenvalue weighted by molar-refractivity contribution is -0.0137. The molecule has 1 aliphatic carbocycles. The van der Waals surface area contributed by atoms with Crippen molar-refractivity contribution in [2.75, 3.05) is 4.90 Å². The lowest BCUT2D eigenvalue weighted by Gasteiger charge is -2.42. The SMILES string of the molecule is Cc1cc(Oc2cc(C3=N[C@]4(C)c5cc(C)cc(C)c5C(C)(C)[C@]4(C)O3)c(C)cc2C)cc(N2c3ccc(C(C)(C)C)cc3C(C)(C)c3cccnc32)c1. The molecule has 0 amide bonds. The summed E-state index contributed by atoms with van der Waals surface area (Å²) in [6.07, 6.45) is 1.89. The fraction of sp³-hybridized carbons (Fsp3) is 0.388. The van der Waals surface area contributed by atoms with Gasteiger partial charge in [-0.3, -0.25) is 4.90 Å². The van der Waals surface area contributed by atoms with Crippen molar-refractivity contribution in [3.8, 4) is 11.5 Å². The van der Waals surface area contributed by atoms with Crippen LogP contribution in [0.25, 0.3) is 0 Å². The van der Waals surface area contributed by atoms with E-state index in [-0.39, 0.29) is 16.2 Å². The Hall–Kier alpha value is -4.90. The van der Waals surface area contributed by atoms with E-state index in [1.165, 1.54) is 38.9 Å². The fourth-order valence-electron chi connectivity index (χ4n) is 9.71. The van der Waals surface area contributed by atoms with Gasteiger partial charge < -0.3 is 9.47 Å². The topological polar surface area (TPSA) is 47.0 Å². The van der Waals surface area contributed by atoms with Crippen molar-refractivity contribution in [1.29, 1.82) is 0 Å². The van der Waals surface area contributed by atoms with E-state index in [9.17, 15) is 0 Å². The normalized spacial score (nSPS) is 21.8. The highest BCUT2D eigenvalue weighted by atomic mass is 16.5. The van der Waals surface area contributed by atoms with E-state index >= 15 is 0 Å². The molecule has 3 aliphatic rings. The Kier molecular flexibility index (Phi) is 7.72. The Morgan fingerprint density at radius 1 is 0.704 bits per heavy atom. The predicted octanol–water partition coefficient (Wildman–Crippen LogP) is 12.6. The van der Waals surface area contributed by atoms with Crippen molar-refractivity contribution >= 4 is 23.1 Å². The van der Waals surface area contributed by atoms with Gasteiger partial charge in [-0.1, -0.05) is 90.4 Å². The first-order valence-corrected chi connectivity index (χ1v) is 19.4. The van der Waals surface area contributed by atoms with Crippen LogP contribution < -0.4 is 9.64 Å². The van der Waals surface area contributed by atoms with Gasteiger partial charge in [0, 0.05) is 34.2 Å². The van der Waals surface area contributed by atoms with Crippen molar-refractivity contribution in [3.63, 3.8) is 0 Å². The molecule has 0 N–H and O–H groups in total. The summed E-state index contributed by atoms with van der Waals surface area (Å²) in [6.45, 7) is 31.3. The molecule has 0 saturated heterocycles. The van der Waals surface area contributed by atoms with Gasteiger partial charge in [0.1, 0.15) is 28.5 Å². The summed E-state index contributed by atoms with van der Waals surface area (Å²) in [5.74, 6) is 3.17. The molecular weight excluding hydrogens is 663 g/mol. The van der Waals surface area contributed by atoms with E-state index in [2.05, 4.69) is 169 Å². The second kappa shape index (κ2) is 11.6. The molecule has 1 aromatic heterocycles. The Labute approximate surface area is 322 Å².